The van der Waals surface area contributed by atoms with E-state index < -0.39 is 0 Å². The normalized spacial score (nSPS) is 12.9. The monoisotopic (exact) mass is 288 g/mol. The molecule has 0 unspecified atom stereocenters. The molecule has 3 aromatic rings. The minimum atomic E-state index is 0.169. The number of aromatic nitrogens is 4. The van der Waals surface area contributed by atoms with E-state index in [-0.39, 0.29) is 5.25 Å². The second-order valence-corrected chi connectivity index (χ2v) is 6.09. The first kappa shape index (κ1) is 13.2. The highest BCUT2D eigenvalue weighted by molar-refractivity contribution is 7.98. The van der Waals surface area contributed by atoms with Crippen molar-refractivity contribution in [2.24, 2.45) is 0 Å². The molecule has 0 aliphatic rings. The van der Waals surface area contributed by atoms with Crippen molar-refractivity contribution in [2.75, 3.05) is 0 Å². The van der Waals surface area contributed by atoms with Gasteiger partial charge in [-0.1, -0.05) is 11.2 Å². The first-order valence-corrected chi connectivity index (χ1v) is 7.54. The molecule has 3 rings (SSSR count). The lowest BCUT2D eigenvalue weighted by molar-refractivity contribution is 0.376. The number of aryl methyl sites for hydroxylation is 2. The van der Waals surface area contributed by atoms with Gasteiger partial charge in [-0.05, 0) is 32.9 Å². The van der Waals surface area contributed by atoms with E-state index in [1.807, 2.05) is 19.1 Å². The summed E-state index contributed by atoms with van der Waals surface area (Å²) in [5, 5.41) is 3.99. The van der Waals surface area contributed by atoms with Crippen LogP contribution in [0.15, 0.2) is 28.9 Å². The number of rotatable bonds is 4. The van der Waals surface area contributed by atoms with Crippen LogP contribution in [0.3, 0.4) is 0 Å². The predicted octanol–water partition coefficient (Wildman–Crippen LogP) is 3.33. The molecule has 0 aliphatic carbocycles. The third kappa shape index (κ3) is 2.56. The lowest BCUT2D eigenvalue weighted by Crippen LogP contribution is -1.90. The van der Waals surface area contributed by atoms with Gasteiger partial charge in [0.1, 0.15) is 5.65 Å². The number of hydrogen-bond acceptors (Lipinski definition) is 5. The number of pyridine rings is 1. The van der Waals surface area contributed by atoms with Crippen LogP contribution in [-0.2, 0) is 5.75 Å². The fraction of sp³-hybridized carbons (Fsp3) is 0.357. The van der Waals surface area contributed by atoms with Gasteiger partial charge in [0.15, 0.2) is 5.82 Å². The summed E-state index contributed by atoms with van der Waals surface area (Å²) >= 11 is 1.74. The van der Waals surface area contributed by atoms with E-state index in [0.29, 0.717) is 11.7 Å². The summed E-state index contributed by atoms with van der Waals surface area (Å²) in [6.45, 7) is 5.98. The van der Waals surface area contributed by atoms with E-state index in [0.717, 1.165) is 17.1 Å². The van der Waals surface area contributed by atoms with Crippen molar-refractivity contribution < 1.29 is 4.52 Å². The SMILES string of the molecule is Cc1noc([C@H](C)SCc2cn3c(C)cccc3n2)n1. The standard InChI is InChI=1S/C14H16N4OS/c1-9-5-4-6-13-16-12(7-18(9)13)8-20-10(2)14-15-11(3)17-19-14/h4-7,10H,8H2,1-3H3/t10-/m0/s1. The molecule has 5 nitrogen and oxygen atoms in total. The minimum Gasteiger partial charge on any atom is -0.338 e. The molecule has 0 spiro atoms. The summed E-state index contributed by atoms with van der Waals surface area (Å²) in [5.74, 6) is 2.17. The Labute approximate surface area is 121 Å². The largest absolute Gasteiger partial charge is 0.338 e. The zero-order valence-electron chi connectivity index (χ0n) is 11.7. The third-order valence-corrected chi connectivity index (χ3v) is 4.28. The zero-order chi connectivity index (χ0) is 14.1. The Kier molecular flexibility index (Phi) is 3.48. The van der Waals surface area contributed by atoms with Crippen molar-refractivity contribution in [3.05, 3.63) is 47.5 Å². The molecular formula is C14H16N4OS. The van der Waals surface area contributed by atoms with Crippen LogP contribution < -0.4 is 0 Å². The van der Waals surface area contributed by atoms with Gasteiger partial charge in [-0.2, -0.15) is 4.98 Å². The first-order chi connectivity index (χ1) is 9.63. The van der Waals surface area contributed by atoms with Crippen LogP contribution in [0.4, 0.5) is 0 Å². The molecule has 6 heteroatoms. The summed E-state index contributed by atoms with van der Waals surface area (Å²) in [5.41, 5.74) is 3.24. The van der Waals surface area contributed by atoms with Gasteiger partial charge in [0.25, 0.3) is 0 Å². The highest BCUT2D eigenvalue weighted by Gasteiger charge is 2.14. The maximum absolute atomic E-state index is 5.18. The maximum Gasteiger partial charge on any atom is 0.239 e. The van der Waals surface area contributed by atoms with E-state index in [2.05, 4.69) is 45.6 Å². The second-order valence-electron chi connectivity index (χ2n) is 4.76. The molecule has 0 saturated carbocycles. The molecule has 104 valence electrons. The van der Waals surface area contributed by atoms with Crippen LogP contribution in [-0.4, -0.2) is 19.5 Å². The van der Waals surface area contributed by atoms with E-state index in [1.165, 1.54) is 5.69 Å². The lowest BCUT2D eigenvalue weighted by Gasteiger charge is -2.03. The molecule has 0 saturated heterocycles. The molecule has 0 aromatic carbocycles. The fourth-order valence-electron chi connectivity index (χ4n) is 2.03. The van der Waals surface area contributed by atoms with Crippen LogP contribution in [0.5, 0.6) is 0 Å². The van der Waals surface area contributed by atoms with Gasteiger partial charge in [-0.3, -0.25) is 0 Å². The van der Waals surface area contributed by atoms with Crippen molar-refractivity contribution >= 4 is 17.4 Å². The third-order valence-electron chi connectivity index (χ3n) is 3.12. The van der Waals surface area contributed by atoms with E-state index in [9.17, 15) is 0 Å². The van der Waals surface area contributed by atoms with Gasteiger partial charge in [0.2, 0.25) is 5.89 Å². The quantitative estimate of drug-likeness (QED) is 0.737. The first-order valence-electron chi connectivity index (χ1n) is 6.49. The molecule has 20 heavy (non-hydrogen) atoms. The molecule has 0 aliphatic heterocycles. The smallest absolute Gasteiger partial charge is 0.239 e. The Morgan fingerprint density at radius 3 is 2.85 bits per heavy atom. The van der Waals surface area contributed by atoms with Crippen LogP contribution in [0.25, 0.3) is 5.65 Å². The Morgan fingerprint density at radius 1 is 1.30 bits per heavy atom. The average molecular weight is 288 g/mol. The summed E-state index contributed by atoms with van der Waals surface area (Å²) in [7, 11) is 0. The zero-order valence-corrected chi connectivity index (χ0v) is 12.5. The Morgan fingerprint density at radius 2 is 2.15 bits per heavy atom. The molecule has 3 aromatic heterocycles. The Hall–Kier alpha value is -1.82. The predicted molar refractivity (Wildman–Crippen MR) is 78.7 cm³/mol. The van der Waals surface area contributed by atoms with Crippen molar-refractivity contribution in [3.8, 4) is 0 Å². The Bertz CT molecular complexity index is 734. The fourth-order valence-corrected chi connectivity index (χ4v) is 2.83. The van der Waals surface area contributed by atoms with Gasteiger partial charge in [0.05, 0.1) is 10.9 Å². The van der Waals surface area contributed by atoms with Gasteiger partial charge in [-0.25, -0.2) is 4.98 Å². The lowest BCUT2D eigenvalue weighted by atomic mass is 10.4. The van der Waals surface area contributed by atoms with Crippen molar-refractivity contribution in [2.45, 2.75) is 31.8 Å². The van der Waals surface area contributed by atoms with Gasteiger partial charge < -0.3 is 8.92 Å². The Balaban J connectivity index is 1.72. The van der Waals surface area contributed by atoms with Gasteiger partial charge in [0, 0.05) is 17.6 Å². The van der Waals surface area contributed by atoms with E-state index in [4.69, 9.17) is 4.52 Å². The molecule has 1 atom stereocenters. The van der Waals surface area contributed by atoms with Gasteiger partial charge in [-0.15, -0.1) is 11.8 Å². The molecule has 0 radical (unpaired) electrons. The summed E-state index contributed by atoms with van der Waals surface area (Å²) in [4.78, 5) is 8.88. The van der Waals surface area contributed by atoms with Crippen molar-refractivity contribution in [3.63, 3.8) is 0 Å². The number of hydrogen-bond donors (Lipinski definition) is 0. The van der Waals surface area contributed by atoms with E-state index in [1.54, 1.807) is 11.8 Å². The topological polar surface area (TPSA) is 56.2 Å². The molecule has 0 bridgehead atoms. The minimum absolute atomic E-state index is 0.169. The van der Waals surface area contributed by atoms with E-state index >= 15 is 0 Å². The van der Waals surface area contributed by atoms with Crippen molar-refractivity contribution in [1.29, 1.82) is 0 Å². The highest BCUT2D eigenvalue weighted by Crippen LogP contribution is 2.29. The molecule has 3 heterocycles. The van der Waals surface area contributed by atoms with Crippen molar-refractivity contribution in [1.82, 2.24) is 19.5 Å². The number of nitrogens with zero attached hydrogens (tertiary/aromatic N) is 4. The van der Waals surface area contributed by atoms with Crippen LogP contribution in [0, 0.1) is 13.8 Å². The van der Waals surface area contributed by atoms with Crippen LogP contribution in [0.1, 0.15) is 35.3 Å². The molecular weight excluding hydrogens is 272 g/mol. The van der Waals surface area contributed by atoms with Gasteiger partial charge >= 0.3 is 0 Å². The molecule has 0 N–H and O–H groups in total. The summed E-state index contributed by atoms with van der Waals surface area (Å²) in [6.07, 6.45) is 2.09. The summed E-state index contributed by atoms with van der Waals surface area (Å²) in [6, 6.07) is 6.12. The number of imidazole rings is 1. The highest BCUT2D eigenvalue weighted by atomic mass is 32.2. The van der Waals surface area contributed by atoms with Crippen LogP contribution in [0.2, 0.25) is 0 Å². The summed E-state index contributed by atoms with van der Waals surface area (Å²) < 4.78 is 7.29. The number of thioether (sulfide) groups is 1. The average Bonchev–Trinajstić information content (AvgIpc) is 3.03. The second kappa shape index (κ2) is 5.28. The molecule has 0 amide bonds. The number of fused-ring (bicyclic) bond motifs is 1. The maximum atomic E-state index is 5.18. The van der Waals surface area contributed by atoms with Crippen LogP contribution >= 0.6 is 11.8 Å². The molecule has 0 fully saturated rings.